The van der Waals surface area contributed by atoms with E-state index in [0.717, 1.165) is 0 Å². The average molecular weight is 283 g/mol. The largest absolute Gasteiger partial charge is 0.455 e. The van der Waals surface area contributed by atoms with Crippen molar-refractivity contribution in [3.63, 3.8) is 0 Å². The molecule has 0 radical (unpaired) electrons. The van der Waals surface area contributed by atoms with Crippen molar-refractivity contribution in [1.82, 2.24) is 0 Å². The van der Waals surface area contributed by atoms with E-state index in [-0.39, 0.29) is 0 Å². The van der Waals surface area contributed by atoms with Crippen LogP contribution >= 0.6 is 0 Å². The second kappa shape index (κ2) is 6.43. The zero-order valence-electron chi connectivity index (χ0n) is 13.7. The van der Waals surface area contributed by atoms with E-state index in [9.17, 15) is 15.3 Å². The van der Waals surface area contributed by atoms with Gasteiger partial charge in [-0.05, 0) is 23.5 Å². The molecule has 19 heavy (non-hydrogen) atoms. The van der Waals surface area contributed by atoms with E-state index in [0.29, 0.717) is 16.6 Å². The molecule has 0 heterocycles. The molecule has 0 aromatic heterocycles. The lowest BCUT2D eigenvalue weighted by Gasteiger charge is -2.54. The molecule has 0 aliphatic carbocycles. The van der Waals surface area contributed by atoms with E-state index in [1.807, 2.05) is 6.92 Å². The molecule has 0 saturated carbocycles. The number of nitriles is 1. The number of nitrogens with zero attached hydrogens (tertiary/aromatic N) is 1. The van der Waals surface area contributed by atoms with Gasteiger partial charge < -0.3 is 10.0 Å². The van der Waals surface area contributed by atoms with Crippen molar-refractivity contribution < 1.29 is 10.0 Å². The molecule has 110 valence electrons. The molecule has 0 aliphatic rings. The van der Waals surface area contributed by atoms with E-state index in [1.165, 1.54) is 0 Å². The van der Waals surface area contributed by atoms with Crippen LogP contribution in [0.5, 0.6) is 0 Å². The van der Waals surface area contributed by atoms with Gasteiger partial charge in [0.05, 0.1) is 14.1 Å². The maximum absolute atomic E-state index is 9.85. The van der Waals surface area contributed by atoms with Gasteiger partial charge >= 0.3 is 7.12 Å². The van der Waals surface area contributed by atoms with E-state index in [4.69, 9.17) is 0 Å². The first-order chi connectivity index (χ1) is 8.49. The van der Waals surface area contributed by atoms with Gasteiger partial charge in [-0.25, -0.2) is 0 Å². The Kier molecular flexibility index (Phi) is 6.32. The van der Waals surface area contributed by atoms with Gasteiger partial charge in [0.15, 0.2) is 0 Å². The SMILES string of the molecule is CC(B(O)O)C(C)(C#N)[Si](C(C)C)(C(C)C)C(C)C. The second-order valence-corrected chi connectivity index (χ2v) is 13.3. The van der Waals surface area contributed by atoms with Crippen LogP contribution in [0.25, 0.3) is 0 Å². The Balaban J connectivity index is 6.17. The molecule has 0 aromatic rings. The highest BCUT2D eigenvalue weighted by molar-refractivity contribution is 6.87. The Bertz CT molecular complexity index is 317. The monoisotopic (exact) mass is 283 g/mol. The van der Waals surface area contributed by atoms with Crippen LogP contribution in [0.15, 0.2) is 0 Å². The molecule has 0 aliphatic heterocycles. The lowest BCUT2D eigenvalue weighted by atomic mass is 9.67. The molecule has 2 unspecified atom stereocenters. The minimum Gasteiger partial charge on any atom is -0.427 e. The fourth-order valence-electron chi connectivity index (χ4n) is 4.69. The molecule has 3 nitrogen and oxygen atoms in total. The van der Waals surface area contributed by atoms with Gasteiger partial charge in [0.2, 0.25) is 0 Å². The summed E-state index contributed by atoms with van der Waals surface area (Å²) in [6.07, 6.45) is 0. The highest BCUT2D eigenvalue weighted by Crippen LogP contribution is 2.61. The number of hydrogen-bond donors (Lipinski definition) is 2. The van der Waals surface area contributed by atoms with Crippen LogP contribution in [-0.2, 0) is 0 Å². The van der Waals surface area contributed by atoms with Crippen molar-refractivity contribution in [2.45, 2.75) is 82.9 Å². The van der Waals surface area contributed by atoms with E-state index < -0.39 is 26.0 Å². The predicted octanol–water partition coefficient (Wildman–Crippen LogP) is 3.81. The van der Waals surface area contributed by atoms with Crippen molar-refractivity contribution in [2.24, 2.45) is 0 Å². The van der Waals surface area contributed by atoms with Crippen LogP contribution in [0.4, 0.5) is 0 Å². The van der Waals surface area contributed by atoms with Crippen LogP contribution in [0.1, 0.15) is 55.4 Å². The molecule has 0 saturated heterocycles. The Labute approximate surface area is 120 Å². The molecular formula is C14H30BNO2Si. The molecule has 2 atom stereocenters. The summed E-state index contributed by atoms with van der Waals surface area (Å²) in [6, 6.07) is 2.49. The summed E-state index contributed by atoms with van der Waals surface area (Å²) < 4.78 is 0. The maximum Gasteiger partial charge on any atom is 0.455 e. The minimum absolute atomic E-state index is 0.415. The zero-order valence-corrected chi connectivity index (χ0v) is 14.7. The maximum atomic E-state index is 9.85. The van der Waals surface area contributed by atoms with Gasteiger partial charge in [0.25, 0.3) is 0 Å². The van der Waals surface area contributed by atoms with E-state index >= 15 is 0 Å². The summed E-state index contributed by atoms with van der Waals surface area (Å²) >= 11 is 0. The molecule has 0 spiro atoms. The van der Waals surface area contributed by atoms with Crippen LogP contribution in [0.2, 0.25) is 27.5 Å². The number of rotatable bonds is 6. The molecule has 2 N–H and O–H groups in total. The van der Waals surface area contributed by atoms with Crippen LogP contribution in [0, 0.1) is 11.3 Å². The van der Waals surface area contributed by atoms with Gasteiger partial charge in [-0.2, -0.15) is 5.26 Å². The molecule has 0 amide bonds. The fraction of sp³-hybridized carbons (Fsp3) is 0.929. The standard InChI is InChI=1S/C14H30BNO2Si/c1-10(2)19(11(3)4,12(5)6)14(8,9-16)13(7)15(17)18/h10-13,17-18H,1-8H3. The van der Waals surface area contributed by atoms with Crippen LogP contribution in [-0.4, -0.2) is 25.2 Å². The minimum atomic E-state index is -2.09. The third-order valence-electron chi connectivity index (χ3n) is 5.36. The Morgan fingerprint density at radius 1 is 0.947 bits per heavy atom. The molecule has 0 fully saturated rings. The topological polar surface area (TPSA) is 64.2 Å². The highest BCUT2D eigenvalue weighted by atomic mass is 28.3. The van der Waals surface area contributed by atoms with E-state index in [1.54, 1.807) is 6.92 Å². The van der Waals surface area contributed by atoms with Crippen LogP contribution in [0.3, 0.4) is 0 Å². The lowest BCUT2D eigenvalue weighted by molar-refractivity contribution is 0.373. The first kappa shape index (κ1) is 18.7. The first-order valence-electron chi connectivity index (χ1n) is 7.27. The van der Waals surface area contributed by atoms with Crippen molar-refractivity contribution in [2.75, 3.05) is 0 Å². The van der Waals surface area contributed by atoms with Crippen molar-refractivity contribution in [3.8, 4) is 6.07 Å². The summed E-state index contributed by atoms with van der Waals surface area (Å²) in [4.78, 5) is 0. The molecular weight excluding hydrogens is 253 g/mol. The Morgan fingerprint density at radius 3 is 1.42 bits per heavy atom. The molecule has 5 heteroatoms. The van der Waals surface area contributed by atoms with Crippen molar-refractivity contribution in [3.05, 3.63) is 0 Å². The average Bonchev–Trinajstić information content (AvgIpc) is 2.26. The normalized spacial score (nSPS) is 17.5. The van der Waals surface area contributed by atoms with Gasteiger partial charge in [-0.1, -0.05) is 48.5 Å². The molecule has 0 rings (SSSR count). The second-order valence-electron chi connectivity index (χ2n) is 6.91. The Hall–Kier alpha value is -0.308. The van der Waals surface area contributed by atoms with Gasteiger partial charge in [-0.15, -0.1) is 0 Å². The highest BCUT2D eigenvalue weighted by Gasteiger charge is 2.60. The van der Waals surface area contributed by atoms with Gasteiger partial charge in [0, 0.05) is 10.9 Å². The lowest BCUT2D eigenvalue weighted by Crippen LogP contribution is -2.56. The quantitative estimate of drug-likeness (QED) is 0.728. The summed E-state index contributed by atoms with van der Waals surface area (Å²) in [5, 5.41) is 28.4. The van der Waals surface area contributed by atoms with Gasteiger partial charge in [-0.3, -0.25) is 0 Å². The Morgan fingerprint density at radius 2 is 1.26 bits per heavy atom. The fourth-order valence-corrected chi connectivity index (χ4v) is 13.4. The zero-order chi connectivity index (χ0) is 15.6. The predicted molar refractivity (Wildman–Crippen MR) is 84.6 cm³/mol. The summed E-state index contributed by atoms with van der Waals surface area (Å²) in [7, 11) is -3.53. The third-order valence-corrected chi connectivity index (χ3v) is 13.5. The summed E-state index contributed by atoms with van der Waals surface area (Å²) in [5.41, 5.74) is 1.25. The first-order valence-corrected chi connectivity index (χ1v) is 9.50. The summed E-state index contributed by atoms with van der Waals surface area (Å²) in [5.74, 6) is -0.434. The van der Waals surface area contributed by atoms with E-state index in [2.05, 4.69) is 47.6 Å². The smallest absolute Gasteiger partial charge is 0.427 e. The molecule has 0 bridgehead atoms. The molecule has 0 aromatic carbocycles. The number of hydrogen-bond acceptors (Lipinski definition) is 3. The van der Waals surface area contributed by atoms with Crippen molar-refractivity contribution >= 4 is 15.2 Å². The third kappa shape index (κ3) is 2.77. The van der Waals surface area contributed by atoms with Crippen molar-refractivity contribution in [1.29, 1.82) is 5.26 Å². The summed E-state index contributed by atoms with van der Waals surface area (Å²) in [6.45, 7) is 16.9. The van der Waals surface area contributed by atoms with Crippen LogP contribution < -0.4 is 0 Å². The van der Waals surface area contributed by atoms with Gasteiger partial charge in [0.1, 0.15) is 0 Å².